The number of ether oxygens (including phenoxy) is 1. The van der Waals surface area contributed by atoms with E-state index in [0.29, 0.717) is 12.2 Å². The van der Waals surface area contributed by atoms with Crippen LogP contribution in [0.5, 0.6) is 0 Å². The summed E-state index contributed by atoms with van der Waals surface area (Å²) in [5.41, 5.74) is -0.0976. The zero-order valence-electron chi connectivity index (χ0n) is 13.8. The molecule has 0 spiro atoms. The van der Waals surface area contributed by atoms with Gasteiger partial charge in [-0.05, 0) is 45.6 Å². The zero-order chi connectivity index (χ0) is 14.8. The van der Waals surface area contributed by atoms with Crippen molar-refractivity contribution in [3.8, 4) is 0 Å². The SMILES string of the molecule is CCCCCCC(C)OC1CCCC(CO)(NCC)C1. The van der Waals surface area contributed by atoms with Crippen LogP contribution in [-0.2, 0) is 4.74 Å². The highest BCUT2D eigenvalue weighted by Crippen LogP contribution is 2.31. The third-order valence-corrected chi connectivity index (χ3v) is 4.54. The molecule has 0 saturated heterocycles. The van der Waals surface area contributed by atoms with Crippen LogP contribution in [0.3, 0.4) is 0 Å². The van der Waals surface area contributed by atoms with E-state index in [4.69, 9.17) is 4.74 Å². The number of aliphatic hydroxyl groups is 1. The summed E-state index contributed by atoms with van der Waals surface area (Å²) in [4.78, 5) is 0. The smallest absolute Gasteiger partial charge is 0.0614 e. The Morgan fingerprint density at radius 3 is 2.75 bits per heavy atom. The minimum Gasteiger partial charge on any atom is -0.394 e. The maximum absolute atomic E-state index is 9.71. The van der Waals surface area contributed by atoms with Gasteiger partial charge in [-0.2, -0.15) is 0 Å². The van der Waals surface area contributed by atoms with E-state index in [1.165, 1.54) is 32.1 Å². The quantitative estimate of drug-likeness (QED) is 0.602. The minimum absolute atomic E-state index is 0.0976. The van der Waals surface area contributed by atoms with Crippen LogP contribution in [0, 0.1) is 0 Å². The maximum atomic E-state index is 9.71. The first-order valence-corrected chi connectivity index (χ1v) is 8.67. The summed E-state index contributed by atoms with van der Waals surface area (Å²) >= 11 is 0. The Labute approximate surface area is 125 Å². The van der Waals surface area contributed by atoms with Crippen LogP contribution < -0.4 is 5.32 Å². The van der Waals surface area contributed by atoms with Crippen molar-refractivity contribution in [3.63, 3.8) is 0 Å². The van der Waals surface area contributed by atoms with Crippen molar-refractivity contribution in [2.45, 2.75) is 96.3 Å². The third kappa shape index (κ3) is 6.11. The summed E-state index contributed by atoms with van der Waals surface area (Å²) in [7, 11) is 0. The van der Waals surface area contributed by atoms with Crippen LogP contribution in [0.1, 0.15) is 78.6 Å². The van der Waals surface area contributed by atoms with Crippen LogP contribution in [0.15, 0.2) is 0 Å². The first-order chi connectivity index (χ1) is 9.65. The van der Waals surface area contributed by atoms with E-state index in [2.05, 4.69) is 26.1 Å². The lowest BCUT2D eigenvalue weighted by molar-refractivity contribution is -0.0534. The van der Waals surface area contributed by atoms with Gasteiger partial charge in [0.2, 0.25) is 0 Å². The molecule has 0 aliphatic heterocycles. The highest BCUT2D eigenvalue weighted by molar-refractivity contribution is 4.93. The third-order valence-electron chi connectivity index (χ3n) is 4.54. The van der Waals surface area contributed by atoms with Crippen molar-refractivity contribution in [2.75, 3.05) is 13.2 Å². The summed E-state index contributed by atoms with van der Waals surface area (Å²) in [5.74, 6) is 0. The van der Waals surface area contributed by atoms with Gasteiger partial charge in [0.1, 0.15) is 0 Å². The van der Waals surface area contributed by atoms with Crippen molar-refractivity contribution in [1.29, 1.82) is 0 Å². The van der Waals surface area contributed by atoms with Crippen LogP contribution in [0.25, 0.3) is 0 Å². The molecule has 1 fully saturated rings. The number of nitrogens with one attached hydrogen (secondary N) is 1. The number of hydrogen-bond donors (Lipinski definition) is 2. The summed E-state index contributed by atoms with van der Waals surface area (Å²) in [5, 5.41) is 13.2. The Hall–Kier alpha value is -0.120. The molecule has 3 atom stereocenters. The summed E-state index contributed by atoms with van der Waals surface area (Å²) in [6, 6.07) is 0. The van der Waals surface area contributed by atoms with E-state index in [9.17, 15) is 5.11 Å². The number of rotatable bonds is 10. The topological polar surface area (TPSA) is 41.5 Å². The van der Waals surface area contributed by atoms with Crippen LogP contribution in [-0.4, -0.2) is 36.0 Å². The van der Waals surface area contributed by atoms with Crippen LogP contribution in [0.2, 0.25) is 0 Å². The molecule has 1 saturated carbocycles. The molecule has 0 bridgehead atoms. The fourth-order valence-corrected chi connectivity index (χ4v) is 3.41. The zero-order valence-corrected chi connectivity index (χ0v) is 13.8. The van der Waals surface area contributed by atoms with E-state index in [1.54, 1.807) is 0 Å². The highest BCUT2D eigenvalue weighted by atomic mass is 16.5. The normalized spacial score (nSPS) is 28.5. The second kappa shape index (κ2) is 9.75. The van der Waals surface area contributed by atoms with Gasteiger partial charge in [0, 0.05) is 5.54 Å². The Kier molecular flexibility index (Phi) is 8.74. The first-order valence-electron chi connectivity index (χ1n) is 8.67. The maximum Gasteiger partial charge on any atom is 0.0614 e. The Balaban J connectivity index is 2.31. The van der Waals surface area contributed by atoms with Crippen molar-refractivity contribution in [1.82, 2.24) is 5.32 Å². The minimum atomic E-state index is -0.0976. The fraction of sp³-hybridized carbons (Fsp3) is 1.00. The molecule has 3 nitrogen and oxygen atoms in total. The van der Waals surface area contributed by atoms with E-state index in [-0.39, 0.29) is 12.1 Å². The Morgan fingerprint density at radius 2 is 2.10 bits per heavy atom. The molecule has 1 aliphatic carbocycles. The van der Waals surface area contributed by atoms with Crippen molar-refractivity contribution in [3.05, 3.63) is 0 Å². The fourth-order valence-electron chi connectivity index (χ4n) is 3.41. The second-order valence-corrected chi connectivity index (χ2v) is 6.48. The number of unbranched alkanes of at least 4 members (excludes halogenated alkanes) is 3. The molecular formula is C17H35NO2. The molecule has 120 valence electrons. The highest BCUT2D eigenvalue weighted by Gasteiger charge is 2.35. The van der Waals surface area contributed by atoms with Gasteiger partial charge in [-0.1, -0.05) is 39.5 Å². The molecule has 0 amide bonds. The van der Waals surface area contributed by atoms with Gasteiger partial charge in [0.05, 0.1) is 18.8 Å². The molecule has 1 rings (SSSR count). The predicted octanol–water partition coefficient (Wildman–Crippen LogP) is 3.65. The number of aliphatic hydroxyl groups excluding tert-OH is 1. The van der Waals surface area contributed by atoms with E-state index in [0.717, 1.165) is 32.2 Å². The summed E-state index contributed by atoms with van der Waals surface area (Å²) < 4.78 is 6.22. The average molecular weight is 285 g/mol. The van der Waals surface area contributed by atoms with Crippen molar-refractivity contribution >= 4 is 0 Å². The van der Waals surface area contributed by atoms with Crippen LogP contribution in [0.4, 0.5) is 0 Å². The summed E-state index contributed by atoms with van der Waals surface area (Å²) in [6.07, 6.45) is 11.4. The van der Waals surface area contributed by atoms with Crippen molar-refractivity contribution < 1.29 is 9.84 Å². The van der Waals surface area contributed by atoms with E-state index in [1.807, 2.05) is 0 Å². The monoisotopic (exact) mass is 285 g/mol. The molecule has 20 heavy (non-hydrogen) atoms. The first kappa shape index (κ1) is 17.9. The Morgan fingerprint density at radius 1 is 1.30 bits per heavy atom. The van der Waals surface area contributed by atoms with Gasteiger partial charge in [0.25, 0.3) is 0 Å². The molecule has 3 heteroatoms. The Bertz CT molecular complexity index is 243. The molecule has 0 heterocycles. The molecule has 3 unspecified atom stereocenters. The van der Waals surface area contributed by atoms with Gasteiger partial charge >= 0.3 is 0 Å². The predicted molar refractivity (Wildman–Crippen MR) is 85.1 cm³/mol. The second-order valence-electron chi connectivity index (χ2n) is 6.48. The molecule has 1 aliphatic rings. The van der Waals surface area contributed by atoms with E-state index < -0.39 is 0 Å². The molecule has 0 aromatic carbocycles. The molecule has 2 N–H and O–H groups in total. The van der Waals surface area contributed by atoms with Gasteiger partial charge in [-0.3, -0.25) is 0 Å². The molecule has 0 aromatic heterocycles. The number of hydrogen-bond acceptors (Lipinski definition) is 3. The molecular weight excluding hydrogens is 250 g/mol. The van der Waals surface area contributed by atoms with Gasteiger partial charge in [-0.25, -0.2) is 0 Å². The average Bonchev–Trinajstić information content (AvgIpc) is 2.44. The summed E-state index contributed by atoms with van der Waals surface area (Å²) in [6.45, 7) is 7.70. The standard InChI is InChI=1S/C17H35NO2/c1-4-6-7-8-10-15(3)20-16-11-9-12-17(13-16,14-19)18-5-2/h15-16,18-19H,4-14H2,1-3H3. The van der Waals surface area contributed by atoms with Crippen LogP contribution >= 0.6 is 0 Å². The van der Waals surface area contributed by atoms with Gasteiger partial charge in [-0.15, -0.1) is 0 Å². The lowest BCUT2D eigenvalue weighted by Crippen LogP contribution is -2.53. The molecule has 0 radical (unpaired) electrons. The van der Waals surface area contributed by atoms with E-state index >= 15 is 0 Å². The van der Waals surface area contributed by atoms with Crippen molar-refractivity contribution in [2.24, 2.45) is 0 Å². The lowest BCUT2D eigenvalue weighted by Gasteiger charge is -2.41. The molecule has 0 aromatic rings. The number of likely N-dealkylation sites (N-methyl/N-ethyl adjacent to an activating group) is 1. The largest absolute Gasteiger partial charge is 0.394 e. The lowest BCUT2D eigenvalue weighted by atomic mass is 9.80. The van der Waals surface area contributed by atoms with Gasteiger partial charge in [0.15, 0.2) is 0 Å². The van der Waals surface area contributed by atoms with Gasteiger partial charge < -0.3 is 15.2 Å².